The van der Waals surface area contributed by atoms with Crippen LogP contribution in [0.15, 0.2) is 76.4 Å². The number of carbonyl (C=O) groups excluding carboxylic acids is 1. The Morgan fingerprint density at radius 2 is 1.75 bits per heavy atom. The molecular weight excluding hydrogens is 540 g/mol. The predicted molar refractivity (Wildman–Crippen MR) is 146 cm³/mol. The second-order valence-electron chi connectivity index (χ2n) is 8.20. The second-order valence-corrected chi connectivity index (χ2v) is 10.0. The first kappa shape index (κ1) is 25.8. The third kappa shape index (κ3) is 6.09. The zero-order valence-corrected chi connectivity index (χ0v) is 22.9. The summed E-state index contributed by atoms with van der Waals surface area (Å²) >= 11 is 4.85. The number of para-hydroxylation sites is 1. The zero-order valence-electron chi connectivity index (χ0n) is 20.5. The van der Waals surface area contributed by atoms with E-state index in [0.29, 0.717) is 22.5 Å². The van der Waals surface area contributed by atoms with Crippen molar-refractivity contribution in [2.24, 2.45) is 0 Å². The number of benzene rings is 3. The van der Waals surface area contributed by atoms with Crippen molar-refractivity contribution in [3.8, 4) is 17.2 Å². The minimum Gasteiger partial charge on any atom is -0.497 e. The number of aromatic nitrogens is 3. The number of nitrogens with one attached hydrogen (secondary N) is 1. The van der Waals surface area contributed by atoms with Crippen LogP contribution in [0.25, 0.3) is 5.69 Å². The Hall–Kier alpha value is -3.30. The highest BCUT2D eigenvalue weighted by Gasteiger charge is 2.22. The maximum absolute atomic E-state index is 12.8. The van der Waals surface area contributed by atoms with E-state index in [4.69, 9.17) is 9.47 Å². The van der Waals surface area contributed by atoms with Crippen LogP contribution in [0.5, 0.6) is 11.5 Å². The monoisotopic (exact) mass is 566 g/mol. The molecule has 0 saturated carbocycles. The molecule has 4 aromatic rings. The average Bonchev–Trinajstić information content (AvgIpc) is 3.31. The van der Waals surface area contributed by atoms with Gasteiger partial charge in [-0.15, -0.1) is 10.2 Å². The molecule has 0 aliphatic rings. The summed E-state index contributed by atoms with van der Waals surface area (Å²) in [4.78, 5) is 12.8. The van der Waals surface area contributed by atoms with Gasteiger partial charge in [0.25, 0.3) is 0 Å². The molecule has 0 radical (unpaired) electrons. The van der Waals surface area contributed by atoms with Crippen LogP contribution in [0.1, 0.15) is 30.0 Å². The van der Waals surface area contributed by atoms with Crippen LogP contribution in [0.2, 0.25) is 0 Å². The van der Waals surface area contributed by atoms with Crippen molar-refractivity contribution < 1.29 is 14.3 Å². The number of aryl methyl sites for hydroxylation is 2. The van der Waals surface area contributed by atoms with Crippen LogP contribution in [0.3, 0.4) is 0 Å². The first-order valence-corrected chi connectivity index (χ1v) is 13.1. The third-order valence-corrected chi connectivity index (χ3v) is 7.17. The van der Waals surface area contributed by atoms with E-state index < -0.39 is 6.10 Å². The molecule has 0 aliphatic carbocycles. The highest BCUT2D eigenvalue weighted by Crippen LogP contribution is 2.30. The van der Waals surface area contributed by atoms with E-state index >= 15 is 0 Å². The van der Waals surface area contributed by atoms with Gasteiger partial charge in [-0.25, -0.2) is 0 Å². The molecule has 1 N–H and O–H groups in total. The SMILES string of the molecule is COc1cccc(OC(C)c2nnc(SCC(=O)Nc3cc(C)c(C)cc3Br)n2-c2ccccc2)c1. The number of rotatable bonds is 9. The molecule has 1 atom stereocenters. The number of hydrogen-bond donors (Lipinski definition) is 1. The topological polar surface area (TPSA) is 78.3 Å². The number of hydrogen-bond acceptors (Lipinski definition) is 6. The van der Waals surface area contributed by atoms with E-state index in [1.165, 1.54) is 11.8 Å². The number of nitrogens with zero attached hydrogens (tertiary/aromatic N) is 3. The molecule has 0 spiro atoms. The highest BCUT2D eigenvalue weighted by molar-refractivity contribution is 9.10. The van der Waals surface area contributed by atoms with Crippen LogP contribution in [-0.2, 0) is 4.79 Å². The highest BCUT2D eigenvalue weighted by atomic mass is 79.9. The van der Waals surface area contributed by atoms with Crippen molar-refractivity contribution in [2.45, 2.75) is 32.0 Å². The van der Waals surface area contributed by atoms with Crippen molar-refractivity contribution in [3.05, 3.63) is 88.2 Å². The second kappa shape index (κ2) is 11.6. The molecule has 0 aliphatic heterocycles. The molecule has 1 unspecified atom stereocenters. The Labute approximate surface area is 223 Å². The molecule has 3 aromatic carbocycles. The summed E-state index contributed by atoms with van der Waals surface area (Å²) in [5.74, 6) is 2.05. The fourth-order valence-corrected chi connectivity index (χ4v) is 4.90. The lowest BCUT2D eigenvalue weighted by atomic mass is 10.1. The summed E-state index contributed by atoms with van der Waals surface area (Å²) in [6.45, 7) is 5.97. The molecule has 0 saturated heterocycles. The number of methoxy groups -OCH3 is 1. The van der Waals surface area contributed by atoms with Crippen LogP contribution < -0.4 is 14.8 Å². The first-order chi connectivity index (χ1) is 17.4. The van der Waals surface area contributed by atoms with Crippen molar-refractivity contribution in [3.63, 3.8) is 0 Å². The predicted octanol–water partition coefficient (Wildman–Crippen LogP) is 6.53. The molecule has 7 nitrogen and oxygen atoms in total. The van der Waals surface area contributed by atoms with Crippen LogP contribution >= 0.6 is 27.7 Å². The fraction of sp³-hybridized carbons (Fsp3) is 0.222. The molecule has 9 heteroatoms. The Balaban J connectivity index is 1.54. The average molecular weight is 568 g/mol. The maximum atomic E-state index is 12.8. The minimum absolute atomic E-state index is 0.131. The zero-order chi connectivity index (χ0) is 25.7. The normalized spacial score (nSPS) is 11.7. The lowest BCUT2D eigenvalue weighted by molar-refractivity contribution is -0.113. The van der Waals surface area contributed by atoms with Crippen molar-refractivity contribution in [1.82, 2.24) is 14.8 Å². The fourth-order valence-electron chi connectivity index (χ4n) is 3.58. The van der Waals surface area contributed by atoms with Gasteiger partial charge in [0.05, 0.1) is 18.6 Å². The summed E-state index contributed by atoms with van der Waals surface area (Å²) < 4.78 is 14.2. The van der Waals surface area contributed by atoms with E-state index in [1.54, 1.807) is 7.11 Å². The summed E-state index contributed by atoms with van der Waals surface area (Å²) in [5, 5.41) is 12.4. The molecule has 36 heavy (non-hydrogen) atoms. The van der Waals surface area contributed by atoms with Gasteiger partial charge in [0.1, 0.15) is 11.5 Å². The summed E-state index contributed by atoms with van der Waals surface area (Å²) in [7, 11) is 1.62. The smallest absolute Gasteiger partial charge is 0.234 e. The molecule has 186 valence electrons. The summed E-state index contributed by atoms with van der Waals surface area (Å²) in [6, 6.07) is 21.2. The lowest BCUT2D eigenvalue weighted by Crippen LogP contribution is -2.16. The van der Waals surface area contributed by atoms with E-state index in [2.05, 4.69) is 31.4 Å². The van der Waals surface area contributed by atoms with Gasteiger partial charge in [-0.2, -0.15) is 0 Å². The van der Waals surface area contributed by atoms with Crippen molar-refractivity contribution >= 4 is 39.3 Å². The van der Waals surface area contributed by atoms with Gasteiger partial charge >= 0.3 is 0 Å². The number of anilines is 1. The standard InChI is InChI=1S/C27H27BrN4O3S/c1-17-13-23(28)24(14-18(17)2)29-25(33)16-36-27-31-30-26(32(27)20-9-6-5-7-10-20)19(3)35-22-12-8-11-21(15-22)34-4/h5-15,19H,16H2,1-4H3,(H,29,33). The largest absolute Gasteiger partial charge is 0.497 e. The molecule has 0 bridgehead atoms. The van der Waals surface area contributed by atoms with Crippen LogP contribution in [-0.4, -0.2) is 33.5 Å². The van der Waals surface area contributed by atoms with E-state index in [-0.39, 0.29) is 11.7 Å². The molecule has 1 amide bonds. The number of ether oxygens (including phenoxy) is 2. The number of halogens is 1. The Morgan fingerprint density at radius 1 is 1.03 bits per heavy atom. The molecule has 4 rings (SSSR count). The number of amides is 1. The molecule has 0 fully saturated rings. The number of carbonyl (C=O) groups is 1. The molecule has 1 aromatic heterocycles. The Bertz CT molecular complexity index is 1360. The summed E-state index contributed by atoms with van der Waals surface area (Å²) in [5.41, 5.74) is 3.90. The minimum atomic E-state index is -0.403. The lowest BCUT2D eigenvalue weighted by Gasteiger charge is -2.17. The van der Waals surface area contributed by atoms with Crippen LogP contribution in [0, 0.1) is 13.8 Å². The van der Waals surface area contributed by atoms with Gasteiger partial charge in [0.2, 0.25) is 5.91 Å². The van der Waals surface area contributed by atoms with Crippen molar-refractivity contribution in [2.75, 3.05) is 18.2 Å². The van der Waals surface area contributed by atoms with Crippen molar-refractivity contribution in [1.29, 1.82) is 0 Å². The van der Waals surface area contributed by atoms with Gasteiger partial charge < -0.3 is 14.8 Å². The third-order valence-electron chi connectivity index (χ3n) is 5.58. The quantitative estimate of drug-likeness (QED) is 0.232. The summed E-state index contributed by atoms with van der Waals surface area (Å²) in [6.07, 6.45) is -0.403. The van der Waals surface area contributed by atoms with E-state index in [1.807, 2.05) is 92.1 Å². The van der Waals surface area contributed by atoms with E-state index in [9.17, 15) is 4.79 Å². The van der Waals surface area contributed by atoms with Gasteiger partial charge in [-0.3, -0.25) is 9.36 Å². The first-order valence-electron chi connectivity index (χ1n) is 11.4. The van der Waals surface area contributed by atoms with Gasteiger partial charge in [-0.1, -0.05) is 36.0 Å². The van der Waals surface area contributed by atoms with Crippen LogP contribution in [0.4, 0.5) is 5.69 Å². The molecular formula is C27H27BrN4O3S. The maximum Gasteiger partial charge on any atom is 0.234 e. The van der Waals surface area contributed by atoms with E-state index in [0.717, 1.165) is 27.0 Å². The Kier molecular flexibility index (Phi) is 8.32. The van der Waals surface area contributed by atoms with Gasteiger partial charge in [-0.05, 0) is 84.2 Å². The molecule has 1 heterocycles. The Morgan fingerprint density at radius 3 is 2.50 bits per heavy atom. The van der Waals surface area contributed by atoms with Gasteiger partial charge in [0.15, 0.2) is 17.1 Å². The number of thioether (sulfide) groups is 1. The van der Waals surface area contributed by atoms with Gasteiger partial charge in [0, 0.05) is 16.2 Å².